The number of carbonyl (C=O) groups is 1. The molecule has 2 aromatic heterocycles. The van der Waals surface area contributed by atoms with Crippen LogP contribution in [0, 0.1) is 0 Å². The predicted octanol–water partition coefficient (Wildman–Crippen LogP) is 5.11. The highest BCUT2D eigenvalue weighted by molar-refractivity contribution is 7.13. The summed E-state index contributed by atoms with van der Waals surface area (Å²) in [6, 6.07) is 14.3. The van der Waals surface area contributed by atoms with E-state index in [1.807, 2.05) is 35.7 Å². The summed E-state index contributed by atoms with van der Waals surface area (Å²) < 4.78 is 0. The number of aromatic nitrogens is 1. The maximum atomic E-state index is 12.6. The van der Waals surface area contributed by atoms with Crippen molar-refractivity contribution in [2.45, 2.75) is 31.1 Å². The smallest absolute Gasteiger partial charge is 0.270 e. The molecule has 0 bridgehead atoms. The molecule has 1 aliphatic carbocycles. The van der Waals surface area contributed by atoms with Crippen LogP contribution in [0.4, 0.5) is 0 Å². The Kier molecular flexibility index (Phi) is 4.68. The van der Waals surface area contributed by atoms with Crippen LogP contribution in [0.3, 0.4) is 0 Å². The molecule has 1 aromatic carbocycles. The van der Waals surface area contributed by atoms with E-state index in [9.17, 15) is 4.79 Å². The topological polar surface area (TPSA) is 42.0 Å². The molecular formula is C20H20N2OS2. The molecule has 2 heterocycles. The summed E-state index contributed by atoms with van der Waals surface area (Å²) in [5.41, 5.74) is 1.68. The molecule has 1 aliphatic rings. The van der Waals surface area contributed by atoms with Gasteiger partial charge in [-0.3, -0.25) is 4.79 Å². The Morgan fingerprint density at radius 2 is 1.88 bits per heavy atom. The quantitative estimate of drug-likeness (QED) is 0.680. The molecule has 128 valence electrons. The first-order valence-corrected chi connectivity index (χ1v) is 10.4. The number of amides is 1. The van der Waals surface area contributed by atoms with Crippen LogP contribution in [0.5, 0.6) is 0 Å². The number of hydrogen-bond acceptors (Lipinski definition) is 4. The number of nitrogens with zero attached hydrogens (tertiary/aromatic N) is 1. The minimum atomic E-state index is -0.0683. The van der Waals surface area contributed by atoms with Gasteiger partial charge in [0, 0.05) is 27.8 Å². The van der Waals surface area contributed by atoms with E-state index in [4.69, 9.17) is 0 Å². The Bertz CT molecular complexity index is 834. The molecular weight excluding hydrogens is 348 g/mol. The molecule has 4 rings (SSSR count). The number of thiophene rings is 1. The van der Waals surface area contributed by atoms with Gasteiger partial charge in [0.05, 0.1) is 0 Å². The van der Waals surface area contributed by atoms with E-state index in [1.54, 1.807) is 11.3 Å². The van der Waals surface area contributed by atoms with Crippen LogP contribution in [-0.2, 0) is 5.41 Å². The van der Waals surface area contributed by atoms with Crippen LogP contribution in [-0.4, -0.2) is 17.4 Å². The van der Waals surface area contributed by atoms with Crippen molar-refractivity contribution in [2.24, 2.45) is 0 Å². The van der Waals surface area contributed by atoms with Crippen LogP contribution >= 0.6 is 22.7 Å². The minimum Gasteiger partial charge on any atom is -0.350 e. The molecule has 0 atom stereocenters. The van der Waals surface area contributed by atoms with Crippen molar-refractivity contribution >= 4 is 28.6 Å². The average molecular weight is 369 g/mol. The zero-order valence-electron chi connectivity index (χ0n) is 13.9. The van der Waals surface area contributed by atoms with E-state index < -0.39 is 0 Å². The van der Waals surface area contributed by atoms with E-state index >= 15 is 0 Å². The summed E-state index contributed by atoms with van der Waals surface area (Å²) in [7, 11) is 0. The lowest BCUT2D eigenvalue weighted by Gasteiger charge is -2.28. The Morgan fingerprint density at radius 3 is 2.60 bits per heavy atom. The minimum absolute atomic E-state index is 0.0683. The third-order valence-corrected chi connectivity index (χ3v) is 6.96. The molecule has 25 heavy (non-hydrogen) atoms. The van der Waals surface area contributed by atoms with Gasteiger partial charge in [-0.2, -0.15) is 0 Å². The lowest BCUT2D eigenvalue weighted by molar-refractivity contribution is 0.0939. The van der Waals surface area contributed by atoms with Crippen LogP contribution in [0.1, 0.15) is 41.0 Å². The summed E-state index contributed by atoms with van der Waals surface area (Å²) >= 11 is 3.32. The molecule has 5 heteroatoms. The van der Waals surface area contributed by atoms with E-state index in [0.29, 0.717) is 12.2 Å². The lowest BCUT2D eigenvalue weighted by Crippen LogP contribution is -2.38. The summed E-state index contributed by atoms with van der Waals surface area (Å²) in [4.78, 5) is 18.5. The molecule has 0 saturated heterocycles. The van der Waals surface area contributed by atoms with Gasteiger partial charge in [-0.1, -0.05) is 49.2 Å². The molecule has 0 unspecified atom stereocenters. The Hall–Kier alpha value is -1.98. The summed E-state index contributed by atoms with van der Waals surface area (Å²) in [5, 5.41) is 8.02. The van der Waals surface area contributed by atoms with Gasteiger partial charge < -0.3 is 5.32 Å². The largest absolute Gasteiger partial charge is 0.350 e. The first-order chi connectivity index (χ1) is 12.3. The molecule has 0 spiro atoms. The zero-order valence-corrected chi connectivity index (χ0v) is 15.5. The SMILES string of the molecule is O=C(NCC1(c2cccs2)CCCC1)c1csc(-c2ccccc2)n1. The van der Waals surface area contributed by atoms with Gasteiger partial charge >= 0.3 is 0 Å². The average Bonchev–Trinajstić information content (AvgIpc) is 3.42. The number of nitrogens with one attached hydrogen (secondary N) is 1. The first-order valence-electron chi connectivity index (χ1n) is 8.60. The second-order valence-electron chi connectivity index (χ2n) is 6.55. The predicted molar refractivity (Wildman–Crippen MR) is 104 cm³/mol. The molecule has 1 fully saturated rings. The fourth-order valence-corrected chi connectivity index (χ4v) is 5.37. The first kappa shape index (κ1) is 16.5. The summed E-state index contributed by atoms with van der Waals surface area (Å²) in [6.45, 7) is 0.699. The molecule has 0 aliphatic heterocycles. The van der Waals surface area contributed by atoms with Gasteiger partial charge in [-0.05, 0) is 24.3 Å². The number of carbonyl (C=O) groups excluding carboxylic acids is 1. The van der Waals surface area contributed by atoms with Gasteiger partial charge in [0.25, 0.3) is 5.91 Å². The maximum absolute atomic E-state index is 12.6. The van der Waals surface area contributed by atoms with Crippen molar-refractivity contribution in [2.75, 3.05) is 6.54 Å². The second-order valence-corrected chi connectivity index (χ2v) is 8.36. The Balaban J connectivity index is 1.46. The second kappa shape index (κ2) is 7.10. The zero-order chi connectivity index (χ0) is 17.1. The van der Waals surface area contributed by atoms with Gasteiger partial charge in [0.1, 0.15) is 10.7 Å². The van der Waals surface area contributed by atoms with Crippen molar-refractivity contribution in [3.05, 3.63) is 63.8 Å². The van der Waals surface area contributed by atoms with E-state index in [2.05, 4.69) is 27.8 Å². The number of thiazole rings is 1. The standard InChI is InChI=1S/C20H20N2OS2/c23-18(16-13-25-19(22-16)15-7-2-1-3-8-15)21-14-20(10-4-5-11-20)17-9-6-12-24-17/h1-3,6-9,12-13H,4-5,10-11,14H2,(H,21,23). The highest BCUT2D eigenvalue weighted by Gasteiger charge is 2.36. The van der Waals surface area contributed by atoms with Gasteiger partial charge in [0.2, 0.25) is 0 Å². The van der Waals surface area contributed by atoms with Crippen molar-refractivity contribution in [1.29, 1.82) is 0 Å². The van der Waals surface area contributed by atoms with Crippen LogP contribution in [0.15, 0.2) is 53.2 Å². The third-order valence-electron chi connectivity index (χ3n) is 4.95. The fourth-order valence-electron chi connectivity index (χ4n) is 3.57. The number of rotatable bonds is 5. The highest BCUT2D eigenvalue weighted by Crippen LogP contribution is 2.42. The highest BCUT2D eigenvalue weighted by atomic mass is 32.1. The summed E-state index contributed by atoms with van der Waals surface area (Å²) in [6.07, 6.45) is 4.78. The van der Waals surface area contributed by atoms with Gasteiger partial charge in [-0.25, -0.2) is 4.98 Å². The van der Waals surface area contributed by atoms with Crippen LogP contribution < -0.4 is 5.32 Å². The monoisotopic (exact) mass is 368 g/mol. The molecule has 3 aromatic rings. The third kappa shape index (κ3) is 3.39. The molecule has 0 radical (unpaired) electrons. The van der Waals surface area contributed by atoms with Crippen molar-refractivity contribution < 1.29 is 4.79 Å². The lowest BCUT2D eigenvalue weighted by atomic mass is 9.84. The van der Waals surface area contributed by atoms with Crippen LogP contribution in [0.25, 0.3) is 10.6 Å². The number of benzene rings is 1. The Labute approximate surface area is 155 Å². The molecule has 1 N–H and O–H groups in total. The molecule has 1 amide bonds. The van der Waals surface area contributed by atoms with Gasteiger partial charge in [0.15, 0.2) is 0 Å². The van der Waals surface area contributed by atoms with Gasteiger partial charge in [-0.15, -0.1) is 22.7 Å². The molecule has 1 saturated carbocycles. The van der Waals surface area contributed by atoms with E-state index in [0.717, 1.165) is 23.4 Å². The van der Waals surface area contributed by atoms with Crippen molar-refractivity contribution in [1.82, 2.24) is 10.3 Å². The number of hydrogen-bond donors (Lipinski definition) is 1. The fraction of sp³-hybridized carbons (Fsp3) is 0.300. The van der Waals surface area contributed by atoms with Crippen LogP contribution in [0.2, 0.25) is 0 Å². The van der Waals surface area contributed by atoms with Crippen molar-refractivity contribution in [3.8, 4) is 10.6 Å². The van der Waals surface area contributed by atoms with E-state index in [1.165, 1.54) is 29.1 Å². The normalized spacial score (nSPS) is 16.0. The Morgan fingerprint density at radius 1 is 1.08 bits per heavy atom. The van der Waals surface area contributed by atoms with E-state index in [-0.39, 0.29) is 11.3 Å². The molecule has 3 nitrogen and oxygen atoms in total. The van der Waals surface area contributed by atoms with Crippen molar-refractivity contribution in [3.63, 3.8) is 0 Å². The maximum Gasteiger partial charge on any atom is 0.270 e. The summed E-state index contributed by atoms with van der Waals surface area (Å²) in [5.74, 6) is -0.0683.